The van der Waals surface area contributed by atoms with E-state index in [0.29, 0.717) is 23.9 Å². The van der Waals surface area contributed by atoms with E-state index in [0.717, 1.165) is 5.56 Å². The Hall–Kier alpha value is -2.70. The van der Waals surface area contributed by atoms with Crippen LogP contribution in [0.2, 0.25) is 0 Å². The molecule has 0 radical (unpaired) electrons. The zero-order valence-corrected chi connectivity index (χ0v) is 14.5. The van der Waals surface area contributed by atoms with Gasteiger partial charge in [0.15, 0.2) is 0 Å². The Morgan fingerprint density at radius 1 is 1.12 bits per heavy atom. The summed E-state index contributed by atoms with van der Waals surface area (Å²) in [6.07, 6.45) is -0.268. The Morgan fingerprint density at radius 3 is 2.46 bits per heavy atom. The summed E-state index contributed by atoms with van der Waals surface area (Å²) in [5, 5.41) is 9.34. The number of hydrazone groups is 1. The second kappa shape index (κ2) is 9.44. The van der Waals surface area contributed by atoms with Crippen LogP contribution in [0.5, 0.6) is 0 Å². The topological polar surface area (TPSA) is 99.7 Å². The minimum Gasteiger partial charge on any atom is -0.355 e. The molecule has 7 nitrogen and oxygen atoms in total. The molecule has 3 N–H and O–H groups in total. The third-order valence-corrected chi connectivity index (χ3v) is 2.98. The number of benzene rings is 1. The first-order valence-electron chi connectivity index (χ1n) is 7.75. The fourth-order valence-corrected chi connectivity index (χ4v) is 1.80. The molecule has 7 heteroatoms. The number of rotatable bonds is 7. The Kier molecular flexibility index (Phi) is 7.61. The van der Waals surface area contributed by atoms with E-state index in [1.54, 1.807) is 25.1 Å². The largest absolute Gasteiger partial charge is 0.355 e. The Labute approximate surface area is 141 Å². The lowest BCUT2D eigenvalue weighted by atomic mass is 10.1. The first-order valence-corrected chi connectivity index (χ1v) is 7.75. The summed E-state index contributed by atoms with van der Waals surface area (Å²) in [7, 11) is 0. The van der Waals surface area contributed by atoms with Gasteiger partial charge in [0.25, 0.3) is 0 Å². The van der Waals surface area contributed by atoms with Crippen molar-refractivity contribution < 1.29 is 14.4 Å². The standard InChI is InChI=1S/C17H24N4O3/c1-11(2)10-18-16(23)9-17(24)21-20-12(3)14-6-5-7-15(8-14)19-13(4)22/h5-8,11H,9-10H2,1-4H3,(H,18,23)(H,19,22)(H,21,24)/b20-12+. The third kappa shape index (κ3) is 7.53. The van der Waals surface area contributed by atoms with Gasteiger partial charge in [0, 0.05) is 19.2 Å². The van der Waals surface area contributed by atoms with Crippen LogP contribution in [0.4, 0.5) is 5.69 Å². The molecule has 130 valence electrons. The molecule has 0 saturated carbocycles. The molecule has 3 amide bonds. The number of hydrogen-bond acceptors (Lipinski definition) is 4. The third-order valence-electron chi connectivity index (χ3n) is 2.98. The van der Waals surface area contributed by atoms with E-state index in [9.17, 15) is 14.4 Å². The SMILES string of the molecule is CC(=O)Nc1cccc(/C(C)=N/NC(=O)CC(=O)NCC(C)C)c1. The van der Waals surface area contributed by atoms with E-state index in [1.807, 2.05) is 19.9 Å². The quantitative estimate of drug-likeness (QED) is 0.402. The molecule has 0 bridgehead atoms. The average Bonchev–Trinajstić information content (AvgIpc) is 2.50. The summed E-state index contributed by atoms with van der Waals surface area (Å²) in [5.41, 5.74) is 4.33. The molecule has 0 heterocycles. The molecular weight excluding hydrogens is 308 g/mol. The molecule has 1 aromatic carbocycles. The molecule has 0 aliphatic carbocycles. The van der Waals surface area contributed by atoms with Gasteiger partial charge in [0.05, 0.1) is 5.71 Å². The summed E-state index contributed by atoms with van der Waals surface area (Å²) >= 11 is 0. The van der Waals surface area contributed by atoms with Crippen LogP contribution in [0.15, 0.2) is 29.4 Å². The maximum Gasteiger partial charge on any atom is 0.249 e. The van der Waals surface area contributed by atoms with Crippen LogP contribution in [0, 0.1) is 5.92 Å². The van der Waals surface area contributed by atoms with Crippen molar-refractivity contribution in [2.75, 3.05) is 11.9 Å². The fraction of sp³-hybridized carbons (Fsp3) is 0.412. The predicted molar refractivity (Wildman–Crippen MR) is 93.6 cm³/mol. The lowest BCUT2D eigenvalue weighted by Crippen LogP contribution is -2.32. The normalized spacial score (nSPS) is 11.1. The number of anilines is 1. The number of nitrogens with one attached hydrogen (secondary N) is 3. The number of nitrogens with zero attached hydrogens (tertiary/aromatic N) is 1. The molecule has 1 rings (SSSR count). The van der Waals surface area contributed by atoms with Crippen molar-refractivity contribution in [1.29, 1.82) is 0 Å². The van der Waals surface area contributed by atoms with Gasteiger partial charge in [-0.05, 0) is 30.5 Å². The van der Waals surface area contributed by atoms with E-state index in [-0.39, 0.29) is 18.2 Å². The zero-order valence-electron chi connectivity index (χ0n) is 14.5. The lowest BCUT2D eigenvalue weighted by Gasteiger charge is -2.08. The molecule has 0 unspecified atom stereocenters. The monoisotopic (exact) mass is 332 g/mol. The lowest BCUT2D eigenvalue weighted by molar-refractivity contribution is -0.129. The van der Waals surface area contributed by atoms with Crippen LogP contribution in [0.3, 0.4) is 0 Å². The van der Waals surface area contributed by atoms with Crippen LogP contribution >= 0.6 is 0 Å². The van der Waals surface area contributed by atoms with Crippen molar-refractivity contribution in [3.8, 4) is 0 Å². The van der Waals surface area contributed by atoms with Gasteiger partial charge in [0.2, 0.25) is 17.7 Å². The highest BCUT2D eigenvalue weighted by Gasteiger charge is 2.09. The molecule has 0 saturated heterocycles. The van der Waals surface area contributed by atoms with Gasteiger partial charge in [-0.2, -0.15) is 5.10 Å². The molecule has 0 fully saturated rings. The highest BCUT2D eigenvalue weighted by Crippen LogP contribution is 2.11. The number of carbonyl (C=O) groups excluding carboxylic acids is 3. The number of amides is 3. The molecule has 0 atom stereocenters. The van der Waals surface area contributed by atoms with Gasteiger partial charge in [-0.1, -0.05) is 26.0 Å². The van der Waals surface area contributed by atoms with E-state index in [1.165, 1.54) is 6.92 Å². The molecular formula is C17H24N4O3. The van der Waals surface area contributed by atoms with Crippen molar-refractivity contribution in [2.45, 2.75) is 34.1 Å². The van der Waals surface area contributed by atoms with E-state index in [4.69, 9.17) is 0 Å². The highest BCUT2D eigenvalue weighted by atomic mass is 16.2. The van der Waals surface area contributed by atoms with Crippen LogP contribution in [-0.2, 0) is 14.4 Å². The molecule has 0 spiro atoms. The summed E-state index contributed by atoms with van der Waals surface area (Å²) in [6.45, 7) is 7.64. The van der Waals surface area contributed by atoms with Crippen LogP contribution in [0.1, 0.15) is 39.7 Å². The van der Waals surface area contributed by atoms with Gasteiger partial charge in [-0.3, -0.25) is 14.4 Å². The second-order valence-corrected chi connectivity index (χ2v) is 5.87. The van der Waals surface area contributed by atoms with Crippen molar-refractivity contribution in [1.82, 2.24) is 10.7 Å². The van der Waals surface area contributed by atoms with Crippen LogP contribution in [-0.4, -0.2) is 30.0 Å². The Morgan fingerprint density at radius 2 is 1.83 bits per heavy atom. The minimum atomic E-state index is -0.478. The highest BCUT2D eigenvalue weighted by molar-refractivity contribution is 6.02. The minimum absolute atomic E-state index is 0.164. The van der Waals surface area contributed by atoms with Gasteiger partial charge in [0.1, 0.15) is 6.42 Å². The van der Waals surface area contributed by atoms with Gasteiger partial charge < -0.3 is 10.6 Å². The van der Waals surface area contributed by atoms with E-state index < -0.39 is 5.91 Å². The van der Waals surface area contributed by atoms with E-state index >= 15 is 0 Å². The van der Waals surface area contributed by atoms with Gasteiger partial charge in [-0.25, -0.2) is 5.43 Å². The Bertz CT molecular complexity index is 638. The van der Waals surface area contributed by atoms with Gasteiger partial charge >= 0.3 is 0 Å². The fourth-order valence-electron chi connectivity index (χ4n) is 1.80. The van der Waals surface area contributed by atoms with Crippen molar-refractivity contribution in [3.63, 3.8) is 0 Å². The maximum absolute atomic E-state index is 11.7. The number of carbonyl (C=O) groups is 3. The second-order valence-electron chi connectivity index (χ2n) is 5.87. The molecule has 0 aromatic heterocycles. The molecule has 1 aromatic rings. The number of hydrogen-bond donors (Lipinski definition) is 3. The summed E-state index contributed by atoms with van der Waals surface area (Å²) in [6, 6.07) is 7.10. The van der Waals surface area contributed by atoms with Crippen molar-refractivity contribution >= 4 is 29.1 Å². The molecule has 0 aliphatic rings. The van der Waals surface area contributed by atoms with E-state index in [2.05, 4.69) is 21.2 Å². The molecule has 24 heavy (non-hydrogen) atoms. The first-order chi connectivity index (χ1) is 11.3. The predicted octanol–water partition coefficient (Wildman–Crippen LogP) is 1.65. The maximum atomic E-state index is 11.7. The van der Waals surface area contributed by atoms with Crippen molar-refractivity contribution in [2.24, 2.45) is 11.0 Å². The van der Waals surface area contributed by atoms with Crippen molar-refractivity contribution in [3.05, 3.63) is 29.8 Å². The summed E-state index contributed by atoms with van der Waals surface area (Å²) in [4.78, 5) is 34.3. The summed E-state index contributed by atoms with van der Waals surface area (Å²) in [5.74, 6) is -0.647. The van der Waals surface area contributed by atoms with Gasteiger partial charge in [-0.15, -0.1) is 0 Å². The summed E-state index contributed by atoms with van der Waals surface area (Å²) < 4.78 is 0. The van der Waals surface area contributed by atoms with Crippen LogP contribution < -0.4 is 16.1 Å². The Balaban J connectivity index is 2.58. The first kappa shape index (κ1) is 19.3. The zero-order chi connectivity index (χ0) is 18.1. The van der Waals surface area contributed by atoms with Crippen LogP contribution in [0.25, 0.3) is 0 Å². The average molecular weight is 332 g/mol. The molecule has 0 aliphatic heterocycles. The smallest absolute Gasteiger partial charge is 0.249 e.